The molecule has 5 nitrogen and oxygen atoms in total. The van der Waals surface area contributed by atoms with E-state index in [9.17, 15) is 4.79 Å². The highest BCUT2D eigenvalue weighted by Gasteiger charge is 2.19. The van der Waals surface area contributed by atoms with Gasteiger partial charge in [0.1, 0.15) is 23.3 Å². The van der Waals surface area contributed by atoms with E-state index in [1.165, 1.54) is 6.33 Å². The van der Waals surface area contributed by atoms with Gasteiger partial charge in [-0.15, -0.1) is 0 Å². The van der Waals surface area contributed by atoms with E-state index >= 15 is 0 Å². The molecule has 0 aliphatic heterocycles. The van der Waals surface area contributed by atoms with Gasteiger partial charge in [-0.3, -0.25) is 4.79 Å². The van der Waals surface area contributed by atoms with E-state index in [1.54, 1.807) is 4.90 Å². The number of nitrogens with zero attached hydrogens (tertiary/aromatic N) is 3. The highest BCUT2D eigenvalue weighted by molar-refractivity contribution is 6.30. The number of rotatable bonds is 5. The third kappa shape index (κ3) is 3.32. The van der Waals surface area contributed by atoms with Crippen molar-refractivity contribution < 1.29 is 4.79 Å². The third-order valence-electron chi connectivity index (χ3n) is 2.82. The topological polar surface area (TPSA) is 58.1 Å². The summed E-state index contributed by atoms with van der Waals surface area (Å²) < 4.78 is 0. The molecule has 1 atom stereocenters. The van der Waals surface area contributed by atoms with Crippen LogP contribution >= 0.6 is 11.6 Å². The van der Waals surface area contributed by atoms with Crippen molar-refractivity contribution in [3.05, 3.63) is 17.0 Å². The number of carbonyl (C=O) groups is 1. The van der Waals surface area contributed by atoms with E-state index in [-0.39, 0.29) is 11.9 Å². The van der Waals surface area contributed by atoms with Gasteiger partial charge < -0.3 is 10.2 Å². The number of amides is 1. The molecule has 0 saturated heterocycles. The summed E-state index contributed by atoms with van der Waals surface area (Å²) in [7, 11) is 0. The van der Waals surface area contributed by atoms with Gasteiger partial charge in [0.25, 0.3) is 0 Å². The van der Waals surface area contributed by atoms with Crippen LogP contribution in [0.4, 0.5) is 5.82 Å². The first-order valence-corrected chi connectivity index (χ1v) is 6.41. The molecule has 6 heteroatoms. The van der Waals surface area contributed by atoms with Crippen LogP contribution < -0.4 is 5.32 Å². The summed E-state index contributed by atoms with van der Waals surface area (Å²) in [5.74, 6) is 0.650. The van der Waals surface area contributed by atoms with Crippen LogP contribution in [-0.2, 0) is 4.79 Å². The largest absolute Gasteiger partial charge is 0.358 e. The van der Waals surface area contributed by atoms with E-state index in [0.29, 0.717) is 24.1 Å². The van der Waals surface area contributed by atoms with E-state index in [2.05, 4.69) is 15.3 Å². The van der Waals surface area contributed by atoms with Crippen LogP contribution in [0.15, 0.2) is 6.33 Å². The fraction of sp³-hybridized carbons (Fsp3) is 0.583. The first-order valence-electron chi connectivity index (χ1n) is 6.03. The zero-order valence-electron chi connectivity index (χ0n) is 11.2. The second kappa shape index (κ2) is 6.54. The molecule has 0 aliphatic carbocycles. The molecular formula is C12H19ClN4O. The summed E-state index contributed by atoms with van der Waals surface area (Å²) in [5, 5.41) is 3.47. The zero-order chi connectivity index (χ0) is 13.7. The molecule has 1 heterocycles. The molecule has 0 fully saturated rings. The normalized spacial score (nSPS) is 12.1. The summed E-state index contributed by atoms with van der Waals surface area (Å²) in [4.78, 5) is 21.8. The molecule has 0 aromatic carbocycles. The molecule has 100 valence electrons. The maximum atomic E-state index is 12.1. The summed E-state index contributed by atoms with van der Waals surface area (Å²) in [6.45, 7) is 8.95. The molecule has 0 saturated carbocycles. The number of nitrogens with one attached hydrogen (secondary N) is 1. The lowest BCUT2D eigenvalue weighted by Crippen LogP contribution is -2.41. The Balaban J connectivity index is 2.78. The van der Waals surface area contributed by atoms with Crippen molar-refractivity contribution in [3.63, 3.8) is 0 Å². The minimum absolute atomic E-state index is 0.0501. The Morgan fingerprint density at radius 2 is 2.06 bits per heavy atom. The second-order valence-corrected chi connectivity index (χ2v) is 4.37. The van der Waals surface area contributed by atoms with Gasteiger partial charge in [-0.25, -0.2) is 9.97 Å². The van der Waals surface area contributed by atoms with Crippen LogP contribution in [0.2, 0.25) is 5.15 Å². The predicted octanol–water partition coefficient (Wildman–Crippen LogP) is 2.11. The quantitative estimate of drug-likeness (QED) is 0.833. The van der Waals surface area contributed by atoms with E-state index in [1.807, 2.05) is 27.7 Å². The Bertz CT molecular complexity index is 421. The molecule has 1 aromatic rings. The number of likely N-dealkylation sites (N-methyl/N-ethyl adjacent to an activating group) is 1. The van der Waals surface area contributed by atoms with Gasteiger partial charge in [-0.1, -0.05) is 11.6 Å². The molecule has 0 radical (unpaired) electrons. The van der Waals surface area contributed by atoms with E-state index < -0.39 is 0 Å². The van der Waals surface area contributed by atoms with Gasteiger partial charge in [0.15, 0.2) is 0 Å². The molecule has 1 N–H and O–H groups in total. The van der Waals surface area contributed by atoms with Crippen molar-refractivity contribution in [1.82, 2.24) is 14.9 Å². The monoisotopic (exact) mass is 270 g/mol. The van der Waals surface area contributed by atoms with Crippen LogP contribution in [-0.4, -0.2) is 39.9 Å². The second-order valence-electron chi connectivity index (χ2n) is 4.01. The Labute approximate surface area is 113 Å². The lowest BCUT2D eigenvalue weighted by atomic mass is 10.2. The van der Waals surface area contributed by atoms with Crippen LogP contribution in [0.25, 0.3) is 0 Å². The minimum atomic E-state index is -0.338. The Kier molecular flexibility index (Phi) is 5.34. The fourth-order valence-electron chi connectivity index (χ4n) is 1.65. The summed E-state index contributed by atoms with van der Waals surface area (Å²) in [6, 6.07) is -0.338. The lowest BCUT2D eigenvalue weighted by molar-refractivity contribution is -0.131. The van der Waals surface area contributed by atoms with E-state index in [4.69, 9.17) is 11.6 Å². The highest BCUT2D eigenvalue weighted by atomic mass is 35.5. The molecule has 18 heavy (non-hydrogen) atoms. The van der Waals surface area contributed by atoms with Crippen LogP contribution in [0.5, 0.6) is 0 Å². The molecule has 1 aromatic heterocycles. The van der Waals surface area contributed by atoms with Crippen molar-refractivity contribution in [3.8, 4) is 0 Å². The van der Waals surface area contributed by atoms with E-state index in [0.717, 1.165) is 5.56 Å². The maximum absolute atomic E-state index is 12.1. The minimum Gasteiger partial charge on any atom is -0.358 e. The first kappa shape index (κ1) is 14.7. The van der Waals surface area contributed by atoms with Gasteiger partial charge >= 0.3 is 0 Å². The Morgan fingerprint density at radius 3 is 2.61 bits per heavy atom. The molecule has 1 rings (SSSR count). The predicted molar refractivity (Wildman–Crippen MR) is 72.8 cm³/mol. The Hall–Kier alpha value is -1.36. The number of aromatic nitrogens is 2. The molecule has 0 bridgehead atoms. The van der Waals surface area contributed by atoms with Crippen LogP contribution in [0.3, 0.4) is 0 Å². The average Bonchev–Trinajstić information content (AvgIpc) is 2.36. The van der Waals surface area contributed by atoms with Gasteiger partial charge in [-0.2, -0.15) is 0 Å². The van der Waals surface area contributed by atoms with Crippen molar-refractivity contribution >= 4 is 23.3 Å². The third-order valence-corrected chi connectivity index (χ3v) is 3.20. The van der Waals surface area contributed by atoms with Crippen molar-refractivity contribution in [2.24, 2.45) is 0 Å². The van der Waals surface area contributed by atoms with Crippen LogP contribution in [0, 0.1) is 6.92 Å². The van der Waals surface area contributed by atoms with Crippen LogP contribution in [0.1, 0.15) is 26.3 Å². The number of halogens is 1. The van der Waals surface area contributed by atoms with Gasteiger partial charge in [-0.05, 0) is 27.7 Å². The van der Waals surface area contributed by atoms with Gasteiger partial charge in [0.05, 0.1) is 0 Å². The number of anilines is 1. The highest BCUT2D eigenvalue weighted by Crippen LogP contribution is 2.18. The average molecular weight is 271 g/mol. The molecule has 1 unspecified atom stereocenters. The zero-order valence-corrected chi connectivity index (χ0v) is 12.0. The molecule has 1 amide bonds. The summed E-state index contributed by atoms with van der Waals surface area (Å²) in [5.41, 5.74) is 0.748. The molecular weight excluding hydrogens is 252 g/mol. The lowest BCUT2D eigenvalue weighted by Gasteiger charge is -2.24. The first-order chi connectivity index (χ1) is 8.51. The number of hydrogen-bond donors (Lipinski definition) is 1. The standard InChI is InChI=1S/C12H19ClN4O/c1-5-17(6-2)12(18)9(4)16-11-8(3)10(13)14-7-15-11/h7,9H,5-6H2,1-4H3,(H,14,15,16). The SMILES string of the molecule is CCN(CC)C(=O)C(C)Nc1ncnc(Cl)c1C. The van der Waals surface area contributed by atoms with Crippen molar-refractivity contribution in [2.75, 3.05) is 18.4 Å². The molecule has 0 aliphatic rings. The van der Waals surface area contributed by atoms with Crippen molar-refractivity contribution in [2.45, 2.75) is 33.7 Å². The fourth-order valence-corrected chi connectivity index (χ4v) is 1.78. The van der Waals surface area contributed by atoms with Gasteiger partial charge in [0.2, 0.25) is 5.91 Å². The number of carbonyl (C=O) groups excluding carboxylic acids is 1. The van der Waals surface area contributed by atoms with Crippen molar-refractivity contribution in [1.29, 1.82) is 0 Å². The summed E-state index contributed by atoms with van der Waals surface area (Å²) >= 11 is 5.91. The smallest absolute Gasteiger partial charge is 0.244 e. The maximum Gasteiger partial charge on any atom is 0.244 e. The number of hydrogen-bond acceptors (Lipinski definition) is 4. The summed E-state index contributed by atoms with van der Waals surface area (Å²) in [6.07, 6.45) is 1.38. The Morgan fingerprint density at radius 1 is 1.44 bits per heavy atom. The van der Waals surface area contributed by atoms with Gasteiger partial charge in [0, 0.05) is 18.7 Å². The molecule has 0 spiro atoms.